The number of aromatic nitrogens is 1. The van der Waals surface area contributed by atoms with Crippen LogP contribution in [-0.2, 0) is 6.42 Å². The van der Waals surface area contributed by atoms with E-state index in [2.05, 4.69) is 62.1 Å². The van der Waals surface area contributed by atoms with Crippen LogP contribution in [0.3, 0.4) is 0 Å². The van der Waals surface area contributed by atoms with E-state index in [0.717, 1.165) is 6.42 Å². The Morgan fingerprint density at radius 1 is 1.18 bits per heavy atom. The van der Waals surface area contributed by atoms with Gasteiger partial charge >= 0.3 is 0 Å². The van der Waals surface area contributed by atoms with Crippen LogP contribution < -0.4 is 5.43 Å². The molecule has 2 nitrogen and oxygen atoms in total. The van der Waals surface area contributed by atoms with Crippen molar-refractivity contribution in [3.05, 3.63) is 45.4 Å². The highest BCUT2D eigenvalue weighted by atomic mass is 32.1. The first-order valence-corrected chi connectivity index (χ1v) is 6.93. The molecule has 0 fully saturated rings. The molecule has 0 saturated carbocycles. The molecule has 1 unspecified atom stereocenters. The van der Waals surface area contributed by atoms with Crippen LogP contribution in [0.5, 0.6) is 0 Å². The van der Waals surface area contributed by atoms with E-state index in [1.54, 1.807) is 0 Å². The second kappa shape index (κ2) is 4.96. The van der Waals surface area contributed by atoms with Crippen molar-refractivity contribution in [2.75, 3.05) is 5.43 Å². The summed E-state index contributed by atoms with van der Waals surface area (Å²) >= 11 is 1.90. The maximum absolute atomic E-state index is 3.54. The van der Waals surface area contributed by atoms with Crippen LogP contribution in [0.2, 0.25) is 0 Å². The molecule has 0 bridgehead atoms. The molecule has 2 aromatic rings. The van der Waals surface area contributed by atoms with Gasteiger partial charge in [0.15, 0.2) is 0 Å². The van der Waals surface area contributed by atoms with Gasteiger partial charge in [-0.15, -0.1) is 11.3 Å². The Kier molecular flexibility index (Phi) is 3.57. The summed E-state index contributed by atoms with van der Waals surface area (Å²) in [5, 5.41) is 0. The second-order valence-corrected chi connectivity index (χ2v) is 5.66. The minimum Gasteiger partial charge on any atom is -0.318 e. The predicted molar refractivity (Wildman–Crippen MR) is 75.4 cm³/mol. The fraction of sp³-hybridized carbons (Fsp3) is 0.429. The molecule has 2 rings (SSSR count). The lowest BCUT2D eigenvalue weighted by Gasteiger charge is -2.18. The van der Waals surface area contributed by atoms with Gasteiger partial charge in [0.1, 0.15) is 0 Å². The first-order chi connectivity index (χ1) is 8.11. The van der Waals surface area contributed by atoms with Gasteiger partial charge in [-0.05, 0) is 51.5 Å². The monoisotopic (exact) mass is 248 g/mol. The van der Waals surface area contributed by atoms with Gasteiger partial charge in [0.05, 0.1) is 6.04 Å². The highest BCUT2D eigenvalue weighted by Gasteiger charge is 2.10. The molecule has 0 spiro atoms. The largest absolute Gasteiger partial charge is 0.318 e. The Bertz CT molecular complexity index is 477. The molecule has 1 atom stereocenters. The molecule has 2 heterocycles. The molecule has 17 heavy (non-hydrogen) atoms. The summed E-state index contributed by atoms with van der Waals surface area (Å²) in [4.78, 5) is 2.85. The molecular formula is C14H20N2S. The molecule has 0 amide bonds. The van der Waals surface area contributed by atoms with Crippen molar-refractivity contribution in [3.63, 3.8) is 0 Å². The van der Waals surface area contributed by atoms with Crippen LogP contribution in [0, 0.1) is 13.8 Å². The maximum atomic E-state index is 3.54. The Balaban J connectivity index is 2.14. The third kappa shape index (κ3) is 2.55. The van der Waals surface area contributed by atoms with Crippen LogP contribution in [0.4, 0.5) is 0 Å². The summed E-state index contributed by atoms with van der Waals surface area (Å²) in [6.45, 7) is 8.66. The number of rotatable bonds is 4. The van der Waals surface area contributed by atoms with E-state index >= 15 is 0 Å². The highest BCUT2D eigenvalue weighted by Crippen LogP contribution is 2.24. The van der Waals surface area contributed by atoms with Gasteiger partial charge in [-0.2, -0.15) is 0 Å². The second-order valence-electron chi connectivity index (χ2n) is 4.46. The van der Waals surface area contributed by atoms with Gasteiger partial charge < -0.3 is 5.43 Å². The lowest BCUT2D eigenvalue weighted by molar-refractivity contribution is 0.708. The van der Waals surface area contributed by atoms with Gasteiger partial charge in [0.2, 0.25) is 0 Å². The topological polar surface area (TPSA) is 17.0 Å². The van der Waals surface area contributed by atoms with E-state index in [4.69, 9.17) is 0 Å². The van der Waals surface area contributed by atoms with E-state index in [1.165, 1.54) is 21.1 Å². The standard InChI is InChI=1S/C14H20N2S/c1-5-13-8-9-14(17-13)12(4)15-16-10(2)6-7-11(16)3/h6-9,12,15H,5H2,1-4H3. The molecule has 1 N–H and O–H groups in total. The molecule has 0 aliphatic carbocycles. The van der Waals surface area contributed by atoms with E-state index in [1.807, 2.05) is 11.3 Å². The Morgan fingerprint density at radius 3 is 2.35 bits per heavy atom. The van der Waals surface area contributed by atoms with Crippen molar-refractivity contribution < 1.29 is 0 Å². The summed E-state index contributed by atoms with van der Waals surface area (Å²) in [6, 6.07) is 9.09. The number of aryl methyl sites for hydroxylation is 3. The Labute approximate surface area is 107 Å². The van der Waals surface area contributed by atoms with Gasteiger partial charge in [0, 0.05) is 21.1 Å². The normalized spacial score (nSPS) is 12.7. The summed E-state index contributed by atoms with van der Waals surface area (Å²) in [5.41, 5.74) is 6.04. The fourth-order valence-corrected chi connectivity index (χ4v) is 2.90. The van der Waals surface area contributed by atoms with Crippen molar-refractivity contribution in [1.82, 2.24) is 4.68 Å². The van der Waals surface area contributed by atoms with Crippen molar-refractivity contribution in [2.24, 2.45) is 0 Å². The quantitative estimate of drug-likeness (QED) is 0.864. The van der Waals surface area contributed by atoms with Gasteiger partial charge in [-0.1, -0.05) is 6.92 Å². The highest BCUT2D eigenvalue weighted by molar-refractivity contribution is 7.12. The molecule has 0 saturated heterocycles. The summed E-state index contributed by atoms with van der Waals surface area (Å²) in [6.07, 6.45) is 1.12. The molecule has 2 aromatic heterocycles. The average Bonchev–Trinajstić information content (AvgIpc) is 2.90. The van der Waals surface area contributed by atoms with Crippen molar-refractivity contribution >= 4 is 11.3 Å². The van der Waals surface area contributed by atoms with E-state index in [9.17, 15) is 0 Å². The first-order valence-electron chi connectivity index (χ1n) is 6.12. The van der Waals surface area contributed by atoms with E-state index in [-0.39, 0.29) is 0 Å². The third-order valence-electron chi connectivity index (χ3n) is 3.05. The Morgan fingerprint density at radius 2 is 1.82 bits per heavy atom. The van der Waals surface area contributed by atoms with Crippen LogP contribution in [0.15, 0.2) is 24.3 Å². The average molecular weight is 248 g/mol. The van der Waals surface area contributed by atoms with Crippen LogP contribution in [0.25, 0.3) is 0 Å². The summed E-state index contributed by atoms with van der Waals surface area (Å²) in [5.74, 6) is 0. The molecule has 0 aliphatic heterocycles. The zero-order valence-electron chi connectivity index (χ0n) is 10.9. The van der Waals surface area contributed by atoms with Crippen LogP contribution in [0.1, 0.15) is 41.0 Å². The van der Waals surface area contributed by atoms with Crippen molar-refractivity contribution in [3.8, 4) is 0 Å². The van der Waals surface area contributed by atoms with Gasteiger partial charge in [0.25, 0.3) is 0 Å². The number of thiophene rings is 1. The molecule has 0 aliphatic rings. The summed E-state index contributed by atoms with van der Waals surface area (Å²) < 4.78 is 2.16. The maximum Gasteiger partial charge on any atom is 0.0738 e. The van der Waals surface area contributed by atoms with Crippen molar-refractivity contribution in [1.29, 1.82) is 0 Å². The van der Waals surface area contributed by atoms with Crippen LogP contribution >= 0.6 is 11.3 Å². The van der Waals surface area contributed by atoms with Crippen LogP contribution in [-0.4, -0.2) is 4.68 Å². The number of nitrogens with zero attached hydrogens (tertiary/aromatic N) is 1. The smallest absolute Gasteiger partial charge is 0.0738 e. The molecular weight excluding hydrogens is 228 g/mol. The predicted octanol–water partition coefficient (Wildman–Crippen LogP) is 4.03. The lowest BCUT2D eigenvalue weighted by Crippen LogP contribution is -2.20. The number of nitrogens with one attached hydrogen (secondary N) is 1. The lowest BCUT2D eigenvalue weighted by atomic mass is 10.3. The summed E-state index contributed by atoms with van der Waals surface area (Å²) in [7, 11) is 0. The zero-order chi connectivity index (χ0) is 12.4. The number of hydrogen-bond donors (Lipinski definition) is 1. The van der Waals surface area contributed by atoms with E-state index < -0.39 is 0 Å². The SMILES string of the molecule is CCc1ccc(C(C)Nn2c(C)ccc2C)s1. The van der Waals surface area contributed by atoms with E-state index in [0.29, 0.717) is 6.04 Å². The van der Waals surface area contributed by atoms with Gasteiger partial charge in [-0.3, -0.25) is 4.68 Å². The fourth-order valence-electron chi connectivity index (χ4n) is 1.95. The third-order valence-corrected chi connectivity index (χ3v) is 4.46. The van der Waals surface area contributed by atoms with Gasteiger partial charge in [-0.25, -0.2) is 0 Å². The first kappa shape index (κ1) is 12.2. The number of hydrogen-bond acceptors (Lipinski definition) is 2. The molecule has 0 radical (unpaired) electrons. The minimum atomic E-state index is 0.352. The molecule has 92 valence electrons. The Hall–Kier alpha value is -1.22. The van der Waals surface area contributed by atoms with Crippen molar-refractivity contribution in [2.45, 2.75) is 40.2 Å². The molecule has 3 heteroatoms. The minimum absolute atomic E-state index is 0.352. The molecule has 0 aromatic carbocycles. The zero-order valence-corrected chi connectivity index (χ0v) is 11.8.